The normalized spacial score (nSPS) is 16.7. The third-order valence-electron chi connectivity index (χ3n) is 4.63. The lowest BCUT2D eigenvalue weighted by molar-refractivity contribution is 0.275. The highest BCUT2D eigenvalue weighted by molar-refractivity contribution is 7.92. The predicted molar refractivity (Wildman–Crippen MR) is 117 cm³/mol. The van der Waals surface area contributed by atoms with Crippen LogP contribution < -0.4 is 4.74 Å². The summed E-state index contributed by atoms with van der Waals surface area (Å²) in [6.07, 6.45) is 1.49. The summed E-state index contributed by atoms with van der Waals surface area (Å²) in [7, 11) is -7.35. The number of piperazine rings is 1. The van der Waals surface area contributed by atoms with Crippen molar-refractivity contribution < 1.29 is 21.6 Å². The van der Waals surface area contributed by atoms with Gasteiger partial charge >= 0.3 is 0 Å². The quantitative estimate of drug-likeness (QED) is 0.621. The topological polar surface area (TPSA) is 84.0 Å². The molecule has 0 amide bonds. The second-order valence-corrected chi connectivity index (χ2v) is 10.8. The molecule has 1 fully saturated rings. The van der Waals surface area contributed by atoms with Crippen molar-refractivity contribution in [2.24, 2.45) is 0 Å². The van der Waals surface area contributed by atoms with Crippen LogP contribution in [0.15, 0.2) is 58.8 Å². The predicted octanol–water partition coefficient (Wildman–Crippen LogP) is 3.05. The van der Waals surface area contributed by atoms with Crippen LogP contribution in [0, 0.1) is 0 Å². The first-order valence-corrected chi connectivity index (χ1v) is 12.7. The van der Waals surface area contributed by atoms with Crippen LogP contribution in [0.2, 0.25) is 5.02 Å². The van der Waals surface area contributed by atoms with E-state index >= 15 is 0 Å². The van der Waals surface area contributed by atoms with Crippen LogP contribution >= 0.6 is 11.6 Å². The fourth-order valence-electron chi connectivity index (χ4n) is 3.01. The minimum absolute atomic E-state index is 0.0869. The lowest BCUT2D eigenvalue weighted by Gasteiger charge is -2.32. The van der Waals surface area contributed by atoms with E-state index in [1.54, 1.807) is 36.4 Å². The first-order chi connectivity index (χ1) is 14.2. The number of halogens is 1. The van der Waals surface area contributed by atoms with Crippen LogP contribution in [0.5, 0.6) is 5.75 Å². The van der Waals surface area contributed by atoms with Crippen LogP contribution in [-0.2, 0) is 20.0 Å². The summed E-state index contributed by atoms with van der Waals surface area (Å²) in [5, 5.41) is 1.70. The van der Waals surface area contributed by atoms with Gasteiger partial charge in [0.05, 0.1) is 11.5 Å². The molecule has 7 nitrogen and oxygen atoms in total. The molecular weight excluding hydrogens is 448 g/mol. The summed E-state index contributed by atoms with van der Waals surface area (Å²) < 4.78 is 58.8. The Morgan fingerprint density at radius 1 is 0.900 bits per heavy atom. The highest BCUT2D eigenvalue weighted by atomic mass is 35.5. The lowest BCUT2D eigenvalue weighted by Crippen LogP contribution is -2.49. The van der Waals surface area contributed by atoms with E-state index in [1.165, 1.54) is 26.8 Å². The average molecular weight is 471 g/mol. The van der Waals surface area contributed by atoms with Gasteiger partial charge in [-0.1, -0.05) is 23.7 Å². The molecule has 0 spiro atoms. The maximum atomic E-state index is 12.8. The van der Waals surface area contributed by atoms with Gasteiger partial charge in [0.15, 0.2) is 0 Å². The zero-order valence-corrected chi connectivity index (χ0v) is 18.8. The number of sulfonamides is 2. The van der Waals surface area contributed by atoms with Crippen molar-refractivity contribution >= 4 is 37.7 Å². The van der Waals surface area contributed by atoms with Crippen LogP contribution in [-0.4, -0.2) is 58.2 Å². The van der Waals surface area contributed by atoms with Gasteiger partial charge in [-0.25, -0.2) is 16.8 Å². The largest absolute Gasteiger partial charge is 0.494 e. The summed E-state index contributed by atoms with van der Waals surface area (Å²) in [6, 6.07) is 13.0. The number of nitrogens with zero attached hydrogens (tertiary/aromatic N) is 2. The average Bonchev–Trinajstić information content (AvgIpc) is 2.74. The van der Waals surface area contributed by atoms with E-state index in [9.17, 15) is 16.8 Å². The summed E-state index contributed by atoms with van der Waals surface area (Å²) in [4.78, 5) is 0.157. The number of benzene rings is 2. The van der Waals surface area contributed by atoms with Gasteiger partial charge in [0.1, 0.15) is 5.75 Å². The third-order valence-corrected chi connectivity index (χ3v) is 8.36. The van der Waals surface area contributed by atoms with E-state index in [1.807, 2.05) is 6.92 Å². The number of hydrogen-bond acceptors (Lipinski definition) is 5. The second-order valence-electron chi connectivity index (χ2n) is 6.61. The molecule has 3 rings (SSSR count). The summed E-state index contributed by atoms with van der Waals surface area (Å²) in [5.41, 5.74) is 0.708. The van der Waals surface area contributed by atoms with Crippen LogP contribution in [0.3, 0.4) is 0 Å². The standard InChI is InChI=1S/C20H23ClN2O5S2/c1-2-28-19-7-9-20(10-8-19)30(26,27)23-14-12-22(13-15-23)29(24,25)16-11-17-3-5-18(21)6-4-17/h3-11,16H,2,12-15H2,1H3/b16-11+. The number of ether oxygens (including phenoxy) is 1. The first-order valence-electron chi connectivity index (χ1n) is 9.39. The van der Waals surface area contributed by atoms with Crippen LogP contribution in [0.1, 0.15) is 12.5 Å². The highest BCUT2D eigenvalue weighted by Crippen LogP contribution is 2.22. The van der Waals surface area contributed by atoms with E-state index in [0.717, 1.165) is 5.41 Å². The molecule has 30 heavy (non-hydrogen) atoms. The minimum atomic E-state index is -3.70. The molecule has 0 radical (unpaired) electrons. The second kappa shape index (κ2) is 9.49. The monoisotopic (exact) mass is 470 g/mol. The van der Waals surface area contributed by atoms with Gasteiger partial charge in [0.2, 0.25) is 20.0 Å². The van der Waals surface area contributed by atoms with E-state index in [0.29, 0.717) is 22.9 Å². The van der Waals surface area contributed by atoms with Crippen molar-refractivity contribution in [3.63, 3.8) is 0 Å². The summed E-state index contributed by atoms with van der Waals surface area (Å²) in [6.45, 7) is 2.69. The van der Waals surface area contributed by atoms with Crippen LogP contribution in [0.25, 0.3) is 6.08 Å². The molecule has 0 bridgehead atoms. The molecule has 0 aliphatic carbocycles. The molecule has 0 saturated carbocycles. The molecule has 162 valence electrons. The maximum absolute atomic E-state index is 12.8. The molecule has 10 heteroatoms. The van der Waals surface area contributed by atoms with Crippen molar-refractivity contribution in [1.29, 1.82) is 0 Å². The van der Waals surface area contributed by atoms with Crippen LogP contribution in [0.4, 0.5) is 0 Å². The van der Waals surface area contributed by atoms with Gasteiger partial charge in [-0.15, -0.1) is 0 Å². The summed E-state index contributed by atoms with van der Waals surface area (Å²) >= 11 is 5.83. The van der Waals surface area contributed by atoms with E-state index in [4.69, 9.17) is 16.3 Å². The van der Waals surface area contributed by atoms with Gasteiger partial charge < -0.3 is 4.74 Å². The molecule has 2 aromatic carbocycles. The molecule has 1 aliphatic heterocycles. The molecule has 1 saturated heterocycles. The van der Waals surface area contributed by atoms with Crippen molar-refractivity contribution in [3.05, 3.63) is 64.5 Å². The van der Waals surface area contributed by atoms with Gasteiger partial charge in [0.25, 0.3) is 0 Å². The molecule has 2 aromatic rings. The Labute approximate surface area is 182 Å². The molecule has 0 N–H and O–H groups in total. The Balaban J connectivity index is 1.65. The summed E-state index contributed by atoms with van der Waals surface area (Å²) in [5.74, 6) is 0.597. The number of rotatable bonds is 7. The van der Waals surface area contributed by atoms with Gasteiger partial charge in [-0.2, -0.15) is 8.61 Å². The Morgan fingerprint density at radius 2 is 1.47 bits per heavy atom. The third kappa shape index (κ3) is 5.41. The molecule has 1 aliphatic rings. The zero-order valence-electron chi connectivity index (χ0n) is 16.4. The van der Waals surface area contributed by atoms with Crippen molar-refractivity contribution in [2.75, 3.05) is 32.8 Å². The Kier molecular flexibility index (Phi) is 7.20. The minimum Gasteiger partial charge on any atom is -0.494 e. The van der Waals surface area contributed by atoms with Gasteiger partial charge in [-0.3, -0.25) is 0 Å². The smallest absolute Gasteiger partial charge is 0.243 e. The fourth-order valence-corrected chi connectivity index (χ4v) is 5.73. The fraction of sp³-hybridized carbons (Fsp3) is 0.300. The molecule has 0 atom stereocenters. The molecular formula is C20H23ClN2O5S2. The Morgan fingerprint density at radius 3 is 2.03 bits per heavy atom. The van der Waals surface area contributed by atoms with E-state index < -0.39 is 20.0 Å². The Hall–Kier alpha value is -1.91. The Bertz CT molecular complexity index is 1090. The maximum Gasteiger partial charge on any atom is 0.243 e. The van der Waals surface area contributed by atoms with Gasteiger partial charge in [0, 0.05) is 36.6 Å². The van der Waals surface area contributed by atoms with Crippen molar-refractivity contribution in [1.82, 2.24) is 8.61 Å². The van der Waals surface area contributed by atoms with E-state index in [-0.39, 0.29) is 31.1 Å². The zero-order chi connectivity index (χ0) is 21.8. The molecule has 1 heterocycles. The molecule has 0 aromatic heterocycles. The van der Waals surface area contributed by atoms with Gasteiger partial charge in [-0.05, 0) is 55.0 Å². The SMILES string of the molecule is CCOc1ccc(S(=O)(=O)N2CCN(S(=O)(=O)/C=C/c3ccc(Cl)cc3)CC2)cc1. The number of hydrogen-bond donors (Lipinski definition) is 0. The molecule has 0 unspecified atom stereocenters. The first kappa shape index (κ1) is 22.8. The van der Waals surface area contributed by atoms with E-state index in [2.05, 4.69) is 0 Å². The lowest BCUT2D eigenvalue weighted by atomic mass is 10.2. The highest BCUT2D eigenvalue weighted by Gasteiger charge is 2.32. The van der Waals surface area contributed by atoms with Crippen molar-refractivity contribution in [3.8, 4) is 5.75 Å². The van der Waals surface area contributed by atoms with Crippen molar-refractivity contribution in [2.45, 2.75) is 11.8 Å².